The molecule has 2 nitrogen and oxygen atoms in total. The van der Waals surface area contributed by atoms with E-state index in [1.807, 2.05) is 0 Å². The lowest BCUT2D eigenvalue weighted by molar-refractivity contribution is 0.177. The van der Waals surface area contributed by atoms with Crippen molar-refractivity contribution in [1.29, 1.82) is 0 Å². The van der Waals surface area contributed by atoms with Gasteiger partial charge in [0, 0.05) is 12.1 Å². The van der Waals surface area contributed by atoms with Crippen molar-refractivity contribution in [2.24, 2.45) is 17.8 Å². The van der Waals surface area contributed by atoms with Crippen LogP contribution in [0, 0.1) is 17.8 Å². The molecule has 0 aromatic rings. The summed E-state index contributed by atoms with van der Waals surface area (Å²) in [5, 5.41) is 3.96. The summed E-state index contributed by atoms with van der Waals surface area (Å²) < 4.78 is 0. The van der Waals surface area contributed by atoms with Crippen LogP contribution in [0.4, 0.5) is 0 Å². The molecule has 0 spiro atoms. The first kappa shape index (κ1) is 12.9. The molecule has 2 bridgehead atoms. The van der Waals surface area contributed by atoms with E-state index in [0.717, 1.165) is 29.8 Å². The summed E-state index contributed by atoms with van der Waals surface area (Å²) in [6.07, 6.45) is 8.84. The highest BCUT2D eigenvalue weighted by Gasteiger charge is 2.42. The van der Waals surface area contributed by atoms with E-state index in [2.05, 4.69) is 24.1 Å². The molecule has 3 fully saturated rings. The van der Waals surface area contributed by atoms with Crippen LogP contribution in [0.15, 0.2) is 0 Å². The zero-order valence-corrected chi connectivity index (χ0v) is 12.2. The smallest absolute Gasteiger partial charge is 0.00940 e. The second kappa shape index (κ2) is 5.50. The number of rotatable bonds is 4. The Morgan fingerprint density at radius 3 is 2.44 bits per heavy atom. The van der Waals surface area contributed by atoms with Crippen LogP contribution >= 0.6 is 0 Å². The Hall–Kier alpha value is -0.0800. The third-order valence-electron chi connectivity index (χ3n) is 5.97. The van der Waals surface area contributed by atoms with Gasteiger partial charge in [0.25, 0.3) is 0 Å². The first-order valence-electron chi connectivity index (χ1n) is 8.24. The average molecular weight is 250 g/mol. The molecule has 4 atom stereocenters. The quantitative estimate of drug-likeness (QED) is 0.825. The van der Waals surface area contributed by atoms with Crippen LogP contribution in [0.1, 0.15) is 52.4 Å². The molecule has 1 saturated heterocycles. The predicted octanol–water partition coefficient (Wildman–Crippen LogP) is 2.89. The van der Waals surface area contributed by atoms with Crippen molar-refractivity contribution in [2.75, 3.05) is 19.6 Å². The van der Waals surface area contributed by atoms with Gasteiger partial charge < -0.3 is 10.2 Å². The van der Waals surface area contributed by atoms with Gasteiger partial charge in [-0.2, -0.15) is 0 Å². The fourth-order valence-corrected chi connectivity index (χ4v) is 4.82. The van der Waals surface area contributed by atoms with E-state index in [9.17, 15) is 0 Å². The van der Waals surface area contributed by atoms with Gasteiger partial charge in [-0.15, -0.1) is 0 Å². The number of nitrogens with zero attached hydrogens (tertiary/aromatic N) is 1. The lowest BCUT2D eigenvalue weighted by Gasteiger charge is -2.36. The van der Waals surface area contributed by atoms with E-state index in [0.29, 0.717) is 0 Å². The van der Waals surface area contributed by atoms with Gasteiger partial charge in [0.2, 0.25) is 0 Å². The average Bonchev–Trinajstić information content (AvgIpc) is 3.02. The maximum atomic E-state index is 3.96. The van der Waals surface area contributed by atoms with Crippen LogP contribution in [0.5, 0.6) is 0 Å². The summed E-state index contributed by atoms with van der Waals surface area (Å²) in [5.41, 5.74) is 0. The van der Waals surface area contributed by atoms with Crippen LogP contribution in [0.25, 0.3) is 0 Å². The van der Waals surface area contributed by atoms with Crippen molar-refractivity contribution in [1.82, 2.24) is 10.2 Å². The Bertz CT molecular complexity index is 270. The highest BCUT2D eigenvalue weighted by Crippen LogP contribution is 2.49. The number of likely N-dealkylation sites (tertiary alicyclic amines) is 1. The third-order valence-corrected chi connectivity index (χ3v) is 5.97. The maximum absolute atomic E-state index is 3.96. The Labute approximate surface area is 113 Å². The summed E-state index contributed by atoms with van der Waals surface area (Å²) in [5.74, 6) is 3.15. The Kier molecular flexibility index (Phi) is 3.95. The zero-order chi connectivity index (χ0) is 12.5. The molecule has 0 aromatic carbocycles. The molecule has 2 heteroatoms. The number of nitrogens with one attached hydrogen (secondary N) is 1. The van der Waals surface area contributed by atoms with E-state index >= 15 is 0 Å². The summed E-state index contributed by atoms with van der Waals surface area (Å²) in [7, 11) is 0. The third kappa shape index (κ3) is 2.60. The van der Waals surface area contributed by atoms with Crippen LogP contribution < -0.4 is 5.32 Å². The minimum atomic E-state index is 0.762. The van der Waals surface area contributed by atoms with Gasteiger partial charge in [0.05, 0.1) is 0 Å². The Balaban J connectivity index is 1.45. The van der Waals surface area contributed by atoms with Crippen LogP contribution in [0.2, 0.25) is 0 Å². The molecule has 2 aliphatic carbocycles. The van der Waals surface area contributed by atoms with Crippen molar-refractivity contribution < 1.29 is 0 Å². The second-order valence-corrected chi connectivity index (χ2v) is 7.00. The van der Waals surface area contributed by atoms with Crippen molar-refractivity contribution in [2.45, 2.75) is 64.5 Å². The number of fused-ring (bicyclic) bond motifs is 2. The molecule has 0 radical (unpaired) electrons. The molecule has 18 heavy (non-hydrogen) atoms. The molecular formula is C16H30N2. The Morgan fingerprint density at radius 2 is 1.89 bits per heavy atom. The van der Waals surface area contributed by atoms with Gasteiger partial charge in [0.1, 0.15) is 0 Å². The maximum Gasteiger partial charge on any atom is 0.00940 e. The Morgan fingerprint density at radius 1 is 1.11 bits per heavy atom. The molecule has 1 heterocycles. The molecule has 104 valence electrons. The minimum Gasteiger partial charge on any atom is -0.311 e. The topological polar surface area (TPSA) is 15.3 Å². The monoisotopic (exact) mass is 250 g/mol. The standard InChI is InChI=1S/C16H30N2/c1-3-18-8-6-15(7-9-18)17-12(2)16-11-13-4-5-14(16)10-13/h12-17H,3-11H2,1-2H3. The fraction of sp³-hybridized carbons (Fsp3) is 1.00. The lowest BCUT2D eigenvalue weighted by atomic mass is 9.83. The largest absolute Gasteiger partial charge is 0.311 e. The molecule has 2 saturated carbocycles. The summed E-state index contributed by atoms with van der Waals surface area (Å²) in [4.78, 5) is 2.58. The normalized spacial score (nSPS) is 39.3. The number of hydrogen-bond acceptors (Lipinski definition) is 2. The van der Waals surface area contributed by atoms with Crippen molar-refractivity contribution in [3.8, 4) is 0 Å². The van der Waals surface area contributed by atoms with Crippen molar-refractivity contribution >= 4 is 0 Å². The van der Waals surface area contributed by atoms with Gasteiger partial charge in [0.15, 0.2) is 0 Å². The van der Waals surface area contributed by atoms with E-state index in [-0.39, 0.29) is 0 Å². The second-order valence-electron chi connectivity index (χ2n) is 7.00. The van der Waals surface area contributed by atoms with E-state index in [4.69, 9.17) is 0 Å². The van der Waals surface area contributed by atoms with Crippen LogP contribution in [0.3, 0.4) is 0 Å². The van der Waals surface area contributed by atoms with Crippen LogP contribution in [-0.2, 0) is 0 Å². The number of hydrogen-bond donors (Lipinski definition) is 1. The van der Waals surface area contributed by atoms with E-state index in [1.165, 1.54) is 51.7 Å². The molecule has 3 aliphatic rings. The summed E-state index contributed by atoms with van der Waals surface area (Å²) >= 11 is 0. The van der Waals surface area contributed by atoms with Gasteiger partial charge in [-0.3, -0.25) is 0 Å². The van der Waals surface area contributed by atoms with Gasteiger partial charge in [-0.1, -0.05) is 13.3 Å². The molecule has 1 aliphatic heterocycles. The van der Waals surface area contributed by atoms with Gasteiger partial charge in [-0.25, -0.2) is 0 Å². The van der Waals surface area contributed by atoms with Crippen LogP contribution in [-0.4, -0.2) is 36.6 Å². The molecular weight excluding hydrogens is 220 g/mol. The van der Waals surface area contributed by atoms with Crippen molar-refractivity contribution in [3.63, 3.8) is 0 Å². The van der Waals surface area contributed by atoms with Gasteiger partial charge >= 0.3 is 0 Å². The number of piperidine rings is 1. The molecule has 4 unspecified atom stereocenters. The minimum absolute atomic E-state index is 0.762. The fourth-order valence-electron chi connectivity index (χ4n) is 4.82. The SMILES string of the molecule is CCN1CCC(NC(C)C2CC3CCC2C3)CC1. The summed E-state index contributed by atoms with van der Waals surface area (Å²) in [6.45, 7) is 8.58. The lowest BCUT2D eigenvalue weighted by Crippen LogP contribution is -2.48. The van der Waals surface area contributed by atoms with E-state index < -0.39 is 0 Å². The highest BCUT2D eigenvalue weighted by atomic mass is 15.1. The first-order valence-corrected chi connectivity index (χ1v) is 8.24. The molecule has 0 amide bonds. The van der Waals surface area contributed by atoms with E-state index in [1.54, 1.807) is 6.42 Å². The van der Waals surface area contributed by atoms with Crippen molar-refractivity contribution in [3.05, 3.63) is 0 Å². The first-order chi connectivity index (χ1) is 8.76. The summed E-state index contributed by atoms with van der Waals surface area (Å²) in [6, 6.07) is 1.56. The highest BCUT2D eigenvalue weighted by molar-refractivity contribution is 4.95. The molecule has 1 N–H and O–H groups in total. The zero-order valence-electron chi connectivity index (χ0n) is 12.2. The molecule has 3 rings (SSSR count). The molecule has 0 aromatic heterocycles. The predicted molar refractivity (Wildman–Crippen MR) is 76.7 cm³/mol. The van der Waals surface area contributed by atoms with Gasteiger partial charge in [-0.05, 0) is 76.4 Å².